The van der Waals surface area contributed by atoms with E-state index in [0.29, 0.717) is 0 Å². The molecule has 130 valence electrons. The highest BCUT2D eigenvalue weighted by molar-refractivity contribution is 7.90. The molecule has 0 bridgehead atoms. The van der Waals surface area contributed by atoms with Crippen molar-refractivity contribution < 1.29 is 26.5 Å². The Labute approximate surface area is 142 Å². The Morgan fingerprint density at radius 2 is 1.88 bits per heavy atom. The number of hydrogen-bond donors (Lipinski definition) is 1. The molecule has 0 aliphatic heterocycles. The van der Waals surface area contributed by atoms with Crippen molar-refractivity contribution in [2.75, 3.05) is 0 Å². The Kier molecular flexibility index (Phi) is 4.17. The summed E-state index contributed by atoms with van der Waals surface area (Å²) >= 11 is 0. The molecule has 0 atom stereocenters. The van der Waals surface area contributed by atoms with Gasteiger partial charge < -0.3 is 8.94 Å². The first kappa shape index (κ1) is 16.9. The van der Waals surface area contributed by atoms with E-state index >= 15 is 0 Å². The van der Waals surface area contributed by atoms with Crippen LogP contribution in [-0.4, -0.2) is 19.5 Å². The first-order valence-corrected chi connectivity index (χ1v) is 8.62. The number of aryl methyl sites for hydroxylation is 2. The number of benzene rings is 1. The van der Waals surface area contributed by atoms with E-state index in [0.717, 1.165) is 0 Å². The van der Waals surface area contributed by atoms with Gasteiger partial charge in [0.25, 0.3) is 10.0 Å². The number of carbonyl (C=O) groups excluding carboxylic acids is 1. The van der Waals surface area contributed by atoms with Crippen LogP contribution in [0.3, 0.4) is 0 Å². The maximum Gasteiger partial charge on any atom is 0.300 e. The number of furan rings is 1. The summed E-state index contributed by atoms with van der Waals surface area (Å²) in [5, 5.41) is 3.55. The minimum atomic E-state index is -4.18. The molecule has 0 saturated heterocycles. The van der Waals surface area contributed by atoms with Gasteiger partial charge in [-0.25, -0.2) is 17.5 Å². The molecule has 1 aromatic carbocycles. The van der Waals surface area contributed by atoms with Gasteiger partial charge in [0.05, 0.1) is 5.56 Å². The molecule has 3 aromatic rings. The predicted octanol–water partition coefficient (Wildman–Crippen LogP) is 2.81. The van der Waals surface area contributed by atoms with Crippen LogP contribution in [0.4, 0.5) is 4.39 Å². The third kappa shape index (κ3) is 3.18. The van der Waals surface area contributed by atoms with Crippen molar-refractivity contribution in [1.29, 1.82) is 0 Å². The van der Waals surface area contributed by atoms with Gasteiger partial charge in [0, 0.05) is 0 Å². The second kappa shape index (κ2) is 6.17. The van der Waals surface area contributed by atoms with E-state index in [2.05, 4.69) is 5.16 Å². The lowest BCUT2D eigenvalue weighted by molar-refractivity contribution is 0.0955. The number of hydrogen-bond acceptors (Lipinski definition) is 6. The van der Waals surface area contributed by atoms with Crippen molar-refractivity contribution in [1.82, 2.24) is 9.88 Å². The number of nitrogens with zero attached hydrogens (tertiary/aromatic N) is 1. The van der Waals surface area contributed by atoms with E-state index in [1.54, 1.807) is 6.07 Å². The van der Waals surface area contributed by atoms with Crippen LogP contribution in [0.15, 0.2) is 50.2 Å². The average molecular weight is 364 g/mol. The molecule has 1 N–H and O–H groups in total. The number of carbonyl (C=O) groups is 1. The summed E-state index contributed by atoms with van der Waals surface area (Å²) in [6.07, 6.45) is 0. The summed E-state index contributed by atoms with van der Waals surface area (Å²) in [5.41, 5.74) is 0.291. The van der Waals surface area contributed by atoms with E-state index < -0.39 is 21.7 Å². The number of rotatable bonds is 4. The number of aromatic nitrogens is 1. The summed E-state index contributed by atoms with van der Waals surface area (Å²) < 4.78 is 50.4. The monoisotopic (exact) mass is 364 g/mol. The largest absolute Gasteiger partial charge is 0.451 e. The molecule has 2 aromatic heterocycles. The molecule has 0 fully saturated rings. The van der Waals surface area contributed by atoms with Gasteiger partial charge in [0.2, 0.25) is 0 Å². The Bertz CT molecular complexity index is 1030. The fourth-order valence-electron chi connectivity index (χ4n) is 2.35. The van der Waals surface area contributed by atoms with Crippen molar-refractivity contribution in [2.24, 2.45) is 0 Å². The summed E-state index contributed by atoms with van der Waals surface area (Å²) in [5.74, 6) is -1.61. The van der Waals surface area contributed by atoms with Crippen LogP contribution in [0.5, 0.6) is 0 Å². The van der Waals surface area contributed by atoms with Crippen molar-refractivity contribution in [3.63, 3.8) is 0 Å². The zero-order chi connectivity index (χ0) is 18.2. The van der Waals surface area contributed by atoms with Crippen LogP contribution < -0.4 is 4.72 Å². The third-order valence-electron chi connectivity index (χ3n) is 3.43. The highest BCUT2D eigenvalue weighted by Crippen LogP contribution is 2.25. The van der Waals surface area contributed by atoms with E-state index in [1.807, 2.05) is 4.72 Å². The Balaban J connectivity index is 1.87. The minimum Gasteiger partial charge on any atom is -0.451 e. The van der Waals surface area contributed by atoms with Crippen molar-refractivity contribution in [3.8, 4) is 11.3 Å². The molecule has 0 aliphatic rings. The molecule has 0 saturated carbocycles. The fraction of sp³-hybridized carbons (Fsp3) is 0.125. The molecule has 0 radical (unpaired) electrons. The normalized spacial score (nSPS) is 11.5. The zero-order valence-corrected chi connectivity index (χ0v) is 14.1. The molecule has 9 heteroatoms. The predicted molar refractivity (Wildman–Crippen MR) is 84.7 cm³/mol. The Morgan fingerprint density at radius 1 is 1.16 bits per heavy atom. The van der Waals surface area contributed by atoms with E-state index in [4.69, 9.17) is 8.94 Å². The van der Waals surface area contributed by atoms with Crippen molar-refractivity contribution >= 4 is 15.9 Å². The Morgan fingerprint density at radius 3 is 2.52 bits per heavy atom. The van der Waals surface area contributed by atoms with Crippen LogP contribution >= 0.6 is 0 Å². The number of amides is 1. The SMILES string of the molecule is Cc1noc(C)c1S(=O)(=O)NC(=O)c1ccc(-c2ccccc2F)o1. The quantitative estimate of drug-likeness (QED) is 0.764. The number of halogens is 1. The second-order valence-electron chi connectivity index (χ2n) is 5.23. The van der Waals surface area contributed by atoms with Crippen LogP contribution in [0, 0.1) is 19.7 Å². The first-order valence-electron chi connectivity index (χ1n) is 7.14. The maximum atomic E-state index is 13.8. The van der Waals surface area contributed by atoms with E-state index in [9.17, 15) is 17.6 Å². The van der Waals surface area contributed by atoms with Crippen LogP contribution in [0.1, 0.15) is 22.0 Å². The smallest absolute Gasteiger partial charge is 0.300 e. The second-order valence-corrected chi connectivity index (χ2v) is 6.85. The minimum absolute atomic E-state index is 0.0595. The zero-order valence-electron chi connectivity index (χ0n) is 13.2. The lowest BCUT2D eigenvalue weighted by atomic mass is 10.1. The van der Waals surface area contributed by atoms with Gasteiger partial charge in [-0.2, -0.15) is 0 Å². The summed E-state index contributed by atoms with van der Waals surface area (Å²) in [7, 11) is -4.18. The fourth-order valence-corrected chi connectivity index (χ4v) is 3.64. The molecule has 0 spiro atoms. The first-order chi connectivity index (χ1) is 11.8. The standard InChI is InChI=1S/C16H13FN2O5S/c1-9-15(10(2)24-18-9)25(21,22)19-16(20)14-8-7-13(23-14)11-5-3-4-6-12(11)17/h3-8H,1-2H3,(H,19,20). The maximum absolute atomic E-state index is 13.8. The lowest BCUT2D eigenvalue weighted by Crippen LogP contribution is -2.30. The molecule has 25 heavy (non-hydrogen) atoms. The molecular weight excluding hydrogens is 351 g/mol. The Hall–Kier alpha value is -2.94. The molecular formula is C16H13FN2O5S. The van der Waals surface area contributed by atoms with Gasteiger partial charge in [0.15, 0.2) is 16.4 Å². The van der Waals surface area contributed by atoms with Crippen molar-refractivity contribution in [2.45, 2.75) is 18.7 Å². The van der Waals surface area contributed by atoms with Crippen molar-refractivity contribution in [3.05, 3.63) is 59.4 Å². The van der Waals surface area contributed by atoms with E-state index in [1.165, 1.54) is 44.2 Å². The van der Waals surface area contributed by atoms with Crippen LogP contribution in [-0.2, 0) is 10.0 Å². The topological polar surface area (TPSA) is 102 Å². The number of nitrogens with one attached hydrogen (secondary N) is 1. The average Bonchev–Trinajstić information content (AvgIpc) is 3.14. The van der Waals surface area contributed by atoms with Gasteiger partial charge in [-0.3, -0.25) is 4.79 Å². The van der Waals surface area contributed by atoms with Gasteiger partial charge in [-0.1, -0.05) is 17.3 Å². The molecule has 0 aliphatic carbocycles. The van der Waals surface area contributed by atoms with Gasteiger partial charge in [-0.05, 0) is 38.1 Å². The van der Waals surface area contributed by atoms with Gasteiger partial charge in [-0.15, -0.1) is 0 Å². The van der Waals surface area contributed by atoms with E-state index in [-0.39, 0.29) is 33.4 Å². The van der Waals surface area contributed by atoms with Crippen LogP contribution in [0.2, 0.25) is 0 Å². The molecule has 7 nitrogen and oxygen atoms in total. The third-order valence-corrected chi connectivity index (χ3v) is 5.01. The van der Waals surface area contributed by atoms with Gasteiger partial charge in [0.1, 0.15) is 17.3 Å². The number of sulfonamides is 1. The van der Waals surface area contributed by atoms with Gasteiger partial charge >= 0.3 is 5.91 Å². The lowest BCUT2D eigenvalue weighted by Gasteiger charge is -2.04. The van der Waals surface area contributed by atoms with Crippen LogP contribution in [0.25, 0.3) is 11.3 Å². The summed E-state index contributed by atoms with van der Waals surface area (Å²) in [6, 6.07) is 8.51. The molecule has 0 unspecified atom stereocenters. The summed E-state index contributed by atoms with van der Waals surface area (Å²) in [6.45, 7) is 2.86. The highest BCUT2D eigenvalue weighted by atomic mass is 32.2. The molecule has 2 heterocycles. The summed E-state index contributed by atoms with van der Waals surface area (Å²) in [4.78, 5) is 12.0. The molecule has 1 amide bonds. The highest BCUT2D eigenvalue weighted by Gasteiger charge is 2.27. The molecule has 3 rings (SSSR count).